The summed E-state index contributed by atoms with van der Waals surface area (Å²) in [4.78, 5) is 10.0. The molecule has 0 amide bonds. The Kier molecular flexibility index (Phi) is 6.07. The molecule has 0 saturated carbocycles. The number of non-ortho nitro benzene ring substituents is 1. The molecule has 1 N–H and O–H groups in total. The molecule has 25 heavy (non-hydrogen) atoms. The van der Waals surface area contributed by atoms with Crippen LogP contribution < -0.4 is 4.74 Å². The van der Waals surface area contributed by atoms with E-state index < -0.39 is 14.9 Å². The number of rotatable bonds is 8. The number of aliphatic hydroxyl groups excluding tert-OH is 1. The van der Waals surface area contributed by atoms with Gasteiger partial charge in [0.15, 0.2) is 0 Å². The van der Waals surface area contributed by atoms with Crippen LogP contribution in [0.25, 0.3) is 0 Å². The standard InChI is InChI=1S/C16H18N2O6S/c1-24-15-11-14(18(20)21)7-8-16(15)25(22,23)17(9-10-19)12-13-5-3-2-4-6-13/h2-8,11,19H,9-10,12H2,1H3. The molecule has 0 heterocycles. The summed E-state index contributed by atoms with van der Waals surface area (Å²) in [6, 6.07) is 12.2. The quantitative estimate of drug-likeness (QED) is 0.563. The summed E-state index contributed by atoms with van der Waals surface area (Å²) in [5.41, 5.74) is 0.480. The van der Waals surface area contributed by atoms with Crippen LogP contribution >= 0.6 is 0 Å². The maximum Gasteiger partial charge on any atom is 0.273 e. The van der Waals surface area contributed by atoms with Crippen molar-refractivity contribution >= 4 is 15.7 Å². The third-order valence-corrected chi connectivity index (χ3v) is 5.41. The molecule has 2 aromatic carbocycles. The fourth-order valence-electron chi connectivity index (χ4n) is 2.30. The Hall–Kier alpha value is -2.49. The minimum Gasteiger partial charge on any atom is -0.495 e. The highest BCUT2D eigenvalue weighted by Crippen LogP contribution is 2.31. The van der Waals surface area contributed by atoms with Gasteiger partial charge in [-0.3, -0.25) is 10.1 Å². The molecule has 0 unspecified atom stereocenters. The predicted octanol–water partition coefficient (Wildman–Crippen LogP) is 1.79. The van der Waals surface area contributed by atoms with Gasteiger partial charge in [0.25, 0.3) is 5.69 Å². The molecule has 0 aromatic heterocycles. The third kappa shape index (κ3) is 4.32. The highest BCUT2D eigenvalue weighted by molar-refractivity contribution is 7.89. The Morgan fingerprint density at radius 2 is 1.88 bits per heavy atom. The Balaban J connectivity index is 2.44. The SMILES string of the molecule is COc1cc([N+](=O)[O-])ccc1S(=O)(=O)N(CCO)Cc1ccccc1. The number of aliphatic hydroxyl groups is 1. The van der Waals surface area contributed by atoms with Crippen LogP contribution in [0, 0.1) is 10.1 Å². The summed E-state index contributed by atoms with van der Waals surface area (Å²) in [5, 5.41) is 20.1. The van der Waals surface area contributed by atoms with Crippen LogP contribution in [0.3, 0.4) is 0 Å². The highest BCUT2D eigenvalue weighted by Gasteiger charge is 2.29. The first-order chi connectivity index (χ1) is 11.9. The van der Waals surface area contributed by atoms with E-state index >= 15 is 0 Å². The van der Waals surface area contributed by atoms with Crippen LogP contribution in [0.5, 0.6) is 5.75 Å². The second-order valence-corrected chi connectivity index (χ2v) is 7.05. The molecule has 0 spiro atoms. The molecule has 0 fully saturated rings. The molecule has 9 heteroatoms. The van der Waals surface area contributed by atoms with E-state index in [-0.39, 0.29) is 36.0 Å². The van der Waals surface area contributed by atoms with E-state index in [2.05, 4.69) is 0 Å². The summed E-state index contributed by atoms with van der Waals surface area (Å²) < 4.78 is 32.0. The van der Waals surface area contributed by atoms with Crippen LogP contribution in [0.2, 0.25) is 0 Å². The van der Waals surface area contributed by atoms with Crippen LogP contribution in [0.15, 0.2) is 53.4 Å². The highest BCUT2D eigenvalue weighted by atomic mass is 32.2. The largest absolute Gasteiger partial charge is 0.495 e. The number of sulfonamides is 1. The molecule has 0 aliphatic heterocycles. The molecular weight excluding hydrogens is 348 g/mol. The van der Waals surface area contributed by atoms with Crippen molar-refractivity contribution in [2.24, 2.45) is 0 Å². The molecule has 2 aromatic rings. The average Bonchev–Trinajstić information content (AvgIpc) is 2.61. The number of benzene rings is 2. The van der Waals surface area contributed by atoms with Gasteiger partial charge >= 0.3 is 0 Å². The Morgan fingerprint density at radius 3 is 2.44 bits per heavy atom. The zero-order valence-electron chi connectivity index (χ0n) is 13.5. The van der Waals surface area contributed by atoms with Gasteiger partial charge in [-0.25, -0.2) is 8.42 Å². The lowest BCUT2D eigenvalue weighted by molar-refractivity contribution is -0.385. The van der Waals surface area contributed by atoms with Crippen LogP contribution in [0.4, 0.5) is 5.69 Å². The summed E-state index contributed by atoms with van der Waals surface area (Å²) in [5.74, 6) is -0.120. The molecule has 0 aliphatic carbocycles. The van der Waals surface area contributed by atoms with Crippen molar-refractivity contribution in [3.8, 4) is 5.75 Å². The summed E-state index contributed by atoms with van der Waals surface area (Å²) >= 11 is 0. The zero-order chi connectivity index (χ0) is 18.4. The van der Waals surface area contributed by atoms with E-state index in [0.29, 0.717) is 0 Å². The number of hydrogen-bond donors (Lipinski definition) is 1. The van der Waals surface area contributed by atoms with Crippen molar-refractivity contribution in [3.63, 3.8) is 0 Å². The first kappa shape index (κ1) is 18.8. The van der Waals surface area contributed by atoms with Gasteiger partial charge in [0.05, 0.1) is 24.7 Å². The van der Waals surface area contributed by atoms with Gasteiger partial charge in [0, 0.05) is 19.2 Å². The van der Waals surface area contributed by atoms with Crippen molar-refractivity contribution in [1.82, 2.24) is 4.31 Å². The number of nitro groups is 1. The molecule has 0 bridgehead atoms. The Bertz CT molecular complexity index is 839. The van der Waals surface area contributed by atoms with E-state index in [1.54, 1.807) is 24.3 Å². The van der Waals surface area contributed by atoms with Gasteiger partial charge < -0.3 is 9.84 Å². The van der Waals surface area contributed by atoms with Crippen molar-refractivity contribution in [1.29, 1.82) is 0 Å². The van der Waals surface area contributed by atoms with Crippen LogP contribution in [0.1, 0.15) is 5.56 Å². The molecule has 0 atom stereocenters. The Labute approximate surface area is 145 Å². The van der Waals surface area contributed by atoms with Crippen molar-refractivity contribution < 1.29 is 23.2 Å². The van der Waals surface area contributed by atoms with Gasteiger partial charge in [-0.2, -0.15) is 4.31 Å². The number of ether oxygens (including phenoxy) is 1. The number of hydrogen-bond acceptors (Lipinski definition) is 6. The number of methoxy groups -OCH3 is 1. The van der Waals surface area contributed by atoms with E-state index in [4.69, 9.17) is 4.74 Å². The second-order valence-electron chi connectivity index (χ2n) is 5.14. The van der Waals surface area contributed by atoms with Gasteiger partial charge in [-0.05, 0) is 11.6 Å². The molecule has 8 nitrogen and oxygen atoms in total. The lowest BCUT2D eigenvalue weighted by Gasteiger charge is -2.22. The smallest absolute Gasteiger partial charge is 0.273 e. The lowest BCUT2D eigenvalue weighted by atomic mass is 10.2. The molecule has 0 aliphatic rings. The third-order valence-electron chi connectivity index (χ3n) is 3.53. The first-order valence-corrected chi connectivity index (χ1v) is 8.81. The van der Waals surface area contributed by atoms with Gasteiger partial charge in [-0.1, -0.05) is 30.3 Å². The van der Waals surface area contributed by atoms with Crippen molar-refractivity contribution in [2.75, 3.05) is 20.3 Å². The molecule has 0 saturated heterocycles. The summed E-state index contributed by atoms with van der Waals surface area (Å²) in [7, 11) is -2.78. The zero-order valence-corrected chi connectivity index (χ0v) is 14.3. The average molecular weight is 366 g/mol. The fraction of sp³-hybridized carbons (Fsp3) is 0.250. The van der Waals surface area contributed by atoms with Crippen LogP contribution in [-0.2, 0) is 16.6 Å². The fourth-order valence-corrected chi connectivity index (χ4v) is 3.86. The maximum absolute atomic E-state index is 13.0. The maximum atomic E-state index is 13.0. The van der Waals surface area contributed by atoms with E-state index in [1.165, 1.54) is 7.11 Å². The topological polar surface area (TPSA) is 110 Å². The molecular formula is C16H18N2O6S. The summed E-state index contributed by atoms with van der Waals surface area (Å²) in [6.07, 6.45) is 0. The predicted molar refractivity (Wildman–Crippen MR) is 90.8 cm³/mol. The minimum absolute atomic E-state index is 0.0594. The van der Waals surface area contributed by atoms with Gasteiger partial charge in [0.2, 0.25) is 10.0 Å². The summed E-state index contributed by atoms with van der Waals surface area (Å²) in [6.45, 7) is -0.414. The van der Waals surface area contributed by atoms with Crippen molar-refractivity contribution in [2.45, 2.75) is 11.4 Å². The molecule has 0 radical (unpaired) electrons. The molecule has 134 valence electrons. The lowest BCUT2D eigenvalue weighted by Crippen LogP contribution is -2.33. The van der Waals surface area contributed by atoms with Gasteiger partial charge in [0.1, 0.15) is 10.6 Å². The van der Waals surface area contributed by atoms with E-state index in [1.807, 2.05) is 6.07 Å². The van der Waals surface area contributed by atoms with E-state index in [9.17, 15) is 23.6 Å². The normalized spacial score (nSPS) is 11.5. The van der Waals surface area contributed by atoms with Crippen LogP contribution in [-0.4, -0.2) is 43.0 Å². The monoisotopic (exact) mass is 366 g/mol. The molecule has 2 rings (SSSR count). The number of nitro benzene ring substituents is 1. The van der Waals surface area contributed by atoms with Gasteiger partial charge in [-0.15, -0.1) is 0 Å². The minimum atomic E-state index is -4.02. The Morgan fingerprint density at radius 1 is 1.20 bits per heavy atom. The number of nitrogens with zero attached hydrogens (tertiary/aromatic N) is 2. The van der Waals surface area contributed by atoms with Crippen molar-refractivity contribution in [3.05, 3.63) is 64.2 Å². The second kappa shape index (κ2) is 8.06. The van der Waals surface area contributed by atoms with E-state index in [0.717, 1.165) is 28.1 Å². The first-order valence-electron chi connectivity index (χ1n) is 7.37.